The van der Waals surface area contributed by atoms with Crippen LogP contribution in [0.15, 0.2) is 36.7 Å². The molecule has 0 spiro atoms. The van der Waals surface area contributed by atoms with Crippen molar-refractivity contribution in [1.82, 2.24) is 14.9 Å². The van der Waals surface area contributed by atoms with Crippen LogP contribution in [0.2, 0.25) is 0 Å². The highest BCUT2D eigenvalue weighted by Crippen LogP contribution is 2.23. The first-order chi connectivity index (χ1) is 13.7. The summed E-state index contributed by atoms with van der Waals surface area (Å²) < 4.78 is 0. The zero-order valence-corrected chi connectivity index (χ0v) is 16.1. The summed E-state index contributed by atoms with van der Waals surface area (Å²) in [6, 6.07) is 7.85. The minimum Gasteiger partial charge on any atom is -0.339 e. The molecular weight excluding hydrogens is 352 g/mol. The van der Waals surface area contributed by atoms with Crippen LogP contribution in [0.1, 0.15) is 47.2 Å². The van der Waals surface area contributed by atoms with E-state index in [9.17, 15) is 9.59 Å². The Balaban J connectivity index is 1.27. The molecule has 2 aliphatic rings. The summed E-state index contributed by atoms with van der Waals surface area (Å²) >= 11 is 0. The van der Waals surface area contributed by atoms with Crippen molar-refractivity contribution in [3.05, 3.63) is 53.3 Å². The molecule has 6 nitrogen and oxygen atoms in total. The summed E-state index contributed by atoms with van der Waals surface area (Å²) in [5, 5.41) is 0. The molecule has 1 aromatic carbocycles. The van der Waals surface area contributed by atoms with Crippen molar-refractivity contribution in [2.24, 2.45) is 0 Å². The molecule has 1 aromatic heterocycles. The van der Waals surface area contributed by atoms with E-state index >= 15 is 0 Å². The monoisotopic (exact) mass is 378 g/mol. The average Bonchev–Trinajstić information content (AvgIpc) is 2.77. The van der Waals surface area contributed by atoms with Gasteiger partial charge in [-0.2, -0.15) is 0 Å². The number of Topliss-reactive ketones (excluding diaryl/α,β-unsaturated/α-hetero) is 1. The van der Waals surface area contributed by atoms with Gasteiger partial charge in [-0.15, -0.1) is 0 Å². The number of carbonyl (C=O) groups is 2. The number of benzene rings is 1. The lowest BCUT2D eigenvalue weighted by atomic mass is 9.89. The molecule has 6 heteroatoms. The van der Waals surface area contributed by atoms with Crippen LogP contribution < -0.4 is 4.90 Å². The third-order valence-electron chi connectivity index (χ3n) is 5.70. The quantitative estimate of drug-likeness (QED) is 0.749. The predicted molar refractivity (Wildman–Crippen MR) is 107 cm³/mol. The first-order valence-electron chi connectivity index (χ1n) is 10.2. The van der Waals surface area contributed by atoms with Gasteiger partial charge in [0.05, 0.1) is 0 Å². The summed E-state index contributed by atoms with van der Waals surface area (Å²) in [6.45, 7) is 2.72. The first-order valence-corrected chi connectivity index (χ1v) is 10.2. The number of aryl methyl sites for hydroxylation is 2. The van der Waals surface area contributed by atoms with Crippen LogP contribution in [0.4, 0.5) is 5.95 Å². The van der Waals surface area contributed by atoms with Crippen LogP contribution in [0.3, 0.4) is 0 Å². The summed E-state index contributed by atoms with van der Waals surface area (Å²) in [5.41, 5.74) is 3.43. The second-order valence-electron chi connectivity index (χ2n) is 7.53. The molecule has 4 rings (SSSR count). The molecule has 1 saturated heterocycles. The molecule has 0 radical (unpaired) electrons. The molecule has 0 bridgehead atoms. The van der Waals surface area contributed by atoms with Crippen LogP contribution in [0.25, 0.3) is 0 Å². The van der Waals surface area contributed by atoms with Crippen LogP contribution >= 0.6 is 0 Å². The van der Waals surface area contributed by atoms with E-state index in [1.807, 2.05) is 17.0 Å². The minimum absolute atomic E-state index is 0.0555. The molecule has 0 saturated carbocycles. The van der Waals surface area contributed by atoms with Crippen molar-refractivity contribution < 1.29 is 9.59 Å². The first kappa shape index (κ1) is 18.6. The van der Waals surface area contributed by atoms with Crippen LogP contribution in [-0.4, -0.2) is 52.7 Å². The van der Waals surface area contributed by atoms with Gasteiger partial charge in [0, 0.05) is 57.0 Å². The number of carbonyl (C=O) groups excluding carboxylic acids is 2. The number of hydrogen-bond donors (Lipinski definition) is 0. The van der Waals surface area contributed by atoms with Gasteiger partial charge in [0.25, 0.3) is 0 Å². The maximum absolute atomic E-state index is 12.6. The number of anilines is 1. The molecule has 28 heavy (non-hydrogen) atoms. The van der Waals surface area contributed by atoms with E-state index < -0.39 is 0 Å². The maximum atomic E-state index is 12.6. The molecule has 0 unspecified atom stereocenters. The van der Waals surface area contributed by atoms with Crippen molar-refractivity contribution in [3.63, 3.8) is 0 Å². The Morgan fingerprint density at radius 1 is 0.893 bits per heavy atom. The van der Waals surface area contributed by atoms with Crippen molar-refractivity contribution >= 4 is 17.6 Å². The highest BCUT2D eigenvalue weighted by atomic mass is 16.2. The van der Waals surface area contributed by atoms with Gasteiger partial charge in [-0.1, -0.05) is 12.1 Å². The van der Waals surface area contributed by atoms with E-state index in [4.69, 9.17) is 0 Å². The molecule has 1 aliphatic heterocycles. The van der Waals surface area contributed by atoms with E-state index in [0.29, 0.717) is 32.1 Å². The normalized spacial score (nSPS) is 16.6. The fourth-order valence-electron chi connectivity index (χ4n) is 4.04. The predicted octanol–water partition coefficient (Wildman–Crippen LogP) is 2.67. The van der Waals surface area contributed by atoms with E-state index in [1.54, 1.807) is 18.5 Å². The highest BCUT2D eigenvalue weighted by molar-refractivity contribution is 5.98. The molecule has 0 atom stereocenters. The number of piperazine rings is 1. The molecule has 1 amide bonds. The Labute approximate surface area is 165 Å². The Kier molecular flexibility index (Phi) is 5.65. The van der Waals surface area contributed by atoms with E-state index in [1.165, 1.54) is 24.0 Å². The fourth-order valence-corrected chi connectivity index (χ4v) is 4.04. The van der Waals surface area contributed by atoms with Gasteiger partial charge in [-0.25, -0.2) is 9.97 Å². The summed E-state index contributed by atoms with van der Waals surface area (Å²) in [6.07, 6.45) is 8.62. The van der Waals surface area contributed by atoms with E-state index in [0.717, 1.165) is 18.4 Å². The minimum atomic E-state index is 0.0555. The van der Waals surface area contributed by atoms with Crippen LogP contribution in [0, 0.1) is 0 Å². The number of ketones is 1. The second-order valence-corrected chi connectivity index (χ2v) is 7.53. The largest absolute Gasteiger partial charge is 0.339 e. The summed E-state index contributed by atoms with van der Waals surface area (Å²) in [5.74, 6) is 0.829. The lowest BCUT2D eigenvalue weighted by molar-refractivity contribution is -0.131. The van der Waals surface area contributed by atoms with Crippen LogP contribution in [0.5, 0.6) is 0 Å². The van der Waals surface area contributed by atoms with Gasteiger partial charge in [-0.05, 0) is 48.9 Å². The van der Waals surface area contributed by atoms with E-state index in [-0.39, 0.29) is 24.5 Å². The van der Waals surface area contributed by atoms with Crippen molar-refractivity contribution in [3.8, 4) is 0 Å². The summed E-state index contributed by atoms with van der Waals surface area (Å²) in [4.78, 5) is 37.6. The second kappa shape index (κ2) is 8.50. The number of rotatable bonds is 5. The number of hydrogen-bond acceptors (Lipinski definition) is 5. The summed E-state index contributed by atoms with van der Waals surface area (Å²) in [7, 11) is 0. The average molecular weight is 378 g/mol. The van der Waals surface area contributed by atoms with Crippen molar-refractivity contribution in [1.29, 1.82) is 0 Å². The van der Waals surface area contributed by atoms with Gasteiger partial charge < -0.3 is 9.80 Å². The van der Waals surface area contributed by atoms with Crippen LogP contribution in [-0.2, 0) is 17.6 Å². The fraction of sp³-hybridized carbons (Fsp3) is 0.455. The number of amides is 1. The van der Waals surface area contributed by atoms with Gasteiger partial charge >= 0.3 is 0 Å². The zero-order chi connectivity index (χ0) is 19.3. The molecule has 2 aromatic rings. The smallest absolute Gasteiger partial charge is 0.225 e. The Bertz CT molecular complexity index is 845. The van der Waals surface area contributed by atoms with Crippen molar-refractivity contribution in [2.45, 2.75) is 38.5 Å². The van der Waals surface area contributed by atoms with Crippen molar-refractivity contribution in [2.75, 3.05) is 31.1 Å². The molecule has 1 fully saturated rings. The molecule has 2 heterocycles. The Morgan fingerprint density at radius 3 is 2.36 bits per heavy atom. The highest BCUT2D eigenvalue weighted by Gasteiger charge is 2.23. The number of nitrogens with zero attached hydrogens (tertiary/aromatic N) is 4. The zero-order valence-electron chi connectivity index (χ0n) is 16.1. The topological polar surface area (TPSA) is 66.4 Å². The Morgan fingerprint density at radius 2 is 1.61 bits per heavy atom. The number of aromatic nitrogens is 2. The molecular formula is C22H26N4O2. The molecule has 1 aliphatic carbocycles. The lowest BCUT2D eigenvalue weighted by Gasteiger charge is -2.34. The van der Waals surface area contributed by atoms with Gasteiger partial charge in [-0.3, -0.25) is 9.59 Å². The molecule has 0 N–H and O–H groups in total. The lowest BCUT2D eigenvalue weighted by Crippen LogP contribution is -2.49. The number of fused-ring (bicyclic) bond motifs is 1. The third-order valence-corrected chi connectivity index (χ3v) is 5.70. The van der Waals surface area contributed by atoms with Gasteiger partial charge in [0.1, 0.15) is 0 Å². The molecule has 146 valence electrons. The third kappa shape index (κ3) is 4.21. The van der Waals surface area contributed by atoms with E-state index in [2.05, 4.69) is 20.9 Å². The maximum Gasteiger partial charge on any atom is 0.225 e. The van der Waals surface area contributed by atoms with Gasteiger partial charge in [0.2, 0.25) is 11.9 Å². The SMILES string of the molecule is O=C(CCC(=O)N1CCN(c2ncccn2)CC1)c1ccc2c(c1)CCCC2. The Hall–Kier alpha value is -2.76. The standard InChI is InChI=1S/C22H26N4O2/c27-20(19-7-6-17-4-1-2-5-18(17)16-19)8-9-21(28)25-12-14-26(15-13-25)22-23-10-3-11-24-22/h3,6-7,10-11,16H,1-2,4-5,8-9,12-15H2. The van der Waals surface area contributed by atoms with Gasteiger partial charge in [0.15, 0.2) is 5.78 Å².